The van der Waals surface area contributed by atoms with Crippen molar-refractivity contribution >= 4 is 11.9 Å². The molecule has 0 unspecified atom stereocenters. The molecule has 2 fully saturated rings. The number of alkyl halides is 2. The van der Waals surface area contributed by atoms with Crippen LogP contribution in [0.2, 0.25) is 0 Å². The van der Waals surface area contributed by atoms with Crippen LogP contribution in [0.25, 0.3) is 0 Å². The molecule has 164 valence electrons. The molecule has 1 aliphatic heterocycles. The number of rotatable bonds is 5. The van der Waals surface area contributed by atoms with Gasteiger partial charge in [0.2, 0.25) is 0 Å². The first kappa shape index (κ1) is 20.5. The molecule has 0 bridgehead atoms. The van der Waals surface area contributed by atoms with Crippen LogP contribution in [0.5, 0.6) is 5.75 Å². The first-order valence-corrected chi connectivity index (χ1v) is 10.7. The number of benzene rings is 2. The fourth-order valence-corrected chi connectivity index (χ4v) is 4.11. The topological polar surface area (TPSA) is 67.9 Å². The predicted octanol–water partition coefficient (Wildman–Crippen LogP) is 3.96. The average molecular weight is 435 g/mol. The van der Waals surface area contributed by atoms with Crippen molar-refractivity contribution in [2.24, 2.45) is 16.6 Å². The maximum absolute atomic E-state index is 13.5. The molecule has 0 saturated heterocycles. The van der Waals surface area contributed by atoms with E-state index in [1.165, 1.54) is 11.0 Å². The van der Waals surface area contributed by atoms with Gasteiger partial charge in [0.25, 0.3) is 5.91 Å². The van der Waals surface area contributed by atoms with Gasteiger partial charge in [-0.05, 0) is 72.6 Å². The van der Waals surface area contributed by atoms with Gasteiger partial charge in [-0.15, -0.1) is 0 Å². The summed E-state index contributed by atoms with van der Waals surface area (Å²) < 4.78 is 30.6. The fourth-order valence-electron chi connectivity index (χ4n) is 4.11. The first-order valence-electron chi connectivity index (χ1n) is 10.7. The molecule has 1 amide bonds. The summed E-state index contributed by atoms with van der Waals surface area (Å²) in [5.41, 5.74) is 7.35. The number of carbonyl (C=O) groups is 1. The number of nitrogens with zero attached hydrogens (tertiary/aromatic N) is 2. The van der Waals surface area contributed by atoms with Gasteiger partial charge in [-0.1, -0.05) is 30.0 Å². The summed E-state index contributed by atoms with van der Waals surface area (Å²) in [6.45, 7) is -2.91. The van der Waals surface area contributed by atoms with Gasteiger partial charge < -0.3 is 10.5 Å². The zero-order valence-corrected chi connectivity index (χ0v) is 17.6. The molecular formula is C25H23F2N3O2. The Labute approximate surface area is 185 Å². The second kappa shape index (κ2) is 7.63. The number of hydrogen-bond donors (Lipinski definition) is 1. The van der Waals surface area contributed by atoms with E-state index in [9.17, 15) is 13.6 Å². The SMILES string of the molecule is CN1C(=O)[C@](c2cccc(C#CC3CC3)c2)(c2ccc(OC(F)F)c(C3CC3)c2)N=C1N. The molecule has 1 atom stereocenters. The van der Waals surface area contributed by atoms with Crippen LogP contribution in [0.1, 0.15) is 53.9 Å². The summed E-state index contributed by atoms with van der Waals surface area (Å²) in [5, 5.41) is 0. The lowest BCUT2D eigenvalue weighted by atomic mass is 9.81. The zero-order chi connectivity index (χ0) is 22.5. The zero-order valence-electron chi connectivity index (χ0n) is 17.6. The lowest BCUT2D eigenvalue weighted by Gasteiger charge is -2.27. The summed E-state index contributed by atoms with van der Waals surface area (Å²) in [6.07, 6.45) is 4.03. The molecule has 2 aromatic carbocycles. The van der Waals surface area contributed by atoms with Crippen LogP contribution in [0.3, 0.4) is 0 Å². The molecule has 2 N–H and O–H groups in total. The Morgan fingerprint density at radius 1 is 1.16 bits per heavy atom. The van der Waals surface area contributed by atoms with E-state index < -0.39 is 12.2 Å². The molecule has 7 heteroatoms. The average Bonchev–Trinajstić information content (AvgIpc) is 3.69. The van der Waals surface area contributed by atoms with Crippen LogP contribution in [0.15, 0.2) is 47.5 Å². The van der Waals surface area contributed by atoms with E-state index in [1.807, 2.05) is 24.3 Å². The Hall–Kier alpha value is -3.40. The second-order valence-electron chi connectivity index (χ2n) is 8.57. The Kier molecular flexibility index (Phi) is 4.89. The lowest BCUT2D eigenvalue weighted by Crippen LogP contribution is -2.41. The van der Waals surface area contributed by atoms with E-state index in [-0.39, 0.29) is 23.5 Å². The van der Waals surface area contributed by atoms with Gasteiger partial charge in [0.05, 0.1) is 0 Å². The van der Waals surface area contributed by atoms with Crippen LogP contribution < -0.4 is 10.5 Å². The molecule has 2 aromatic rings. The minimum absolute atomic E-state index is 0.102. The van der Waals surface area contributed by atoms with Gasteiger partial charge in [0, 0.05) is 18.5 Å². The summed E-state index contributed by atoms with van der Waals surface area (Å²) in [4.78, 5) is 19.5. The van der Waals surface area contributed by atoms with Gasteiger partial charge in [-0.25, -0.2) is 4.99 Å². The number of hydrogen-bond acceptors (Lipinski definition) is 4. The highest BCUT2D eigenvalue weighted by atomic mass is 19.3. The van der Waals surface area contributed by atoms with Crippen LogP contribution in [0.4, 0.5) is 8.78 Å². The number of likely N-dealkylation sites (N-methyl/N-ethyl adjacent to an activating group) is 1. The van der Waals surface area contributed by atoms with E-state index in [1.54, 1.807) is 19.2 Å². The molecule has 2 aliphatic carbocycles. The van der Waals surface area contributed by atoms with Crippen LogP contribution in [-0.2, 0) is 10.3 Å². The number of nitrogens with two attached hydrogens (primary N) is 1. The lowest BCUT2D eigenvalue weighted by molar-refractivity contribution is -0.129. The molecule has 2 saturated carbocycles. The maximum Gasteiger partial charge on any atom is 0.387 e. The minimum atomic E-state index is -2.91. The van der Waals surface area contributed by atoms with Crippen molar-refractivity contribution in [3.63, 3.8) is 0 Å². The van der Waals surface area contributed by atoms with Crippen LogP contribution in [-0.4, -0.2) is 30.4 Å². The van der Waals surface area contributed by atoms with E-state index in [2.05, 4.69) is 16.8 Å². The summed E-state index contributed by atoms with van der Waals surface area (Å²) in [6, 6.07) is 12.3. The third-order valence-electron chi connectivity index (χ3n) is 6.18. The van der Waals surface area contributed by atoms with E-state index >= 15 is 0 Å². The van der Waals surface area contributed by atoms with Crippen molar-refractivity contribution in [3.05, 3.63) is 64.7 Å². The van der Waals surface area contributed by atoms with Crippen molar-refractivity contribution in [2.75, 3.05) is 7.05 Å². The molecule has 3 aliphatic rings. The van der Waals surface area contributed by atoms with Gasteiger partial charge in [0.1, 0.15) is 5.75 Å². The number of halogens is 2. The van der Waals surface area contributed by atoms with E-state index in [0.29, 0.717) is 22.6 Å². The fraction of sp³-hybridized carbons (Fsp3) is 0.360. The van der Waals surface area contributed by atoms with Crippen molar-refractivity contribution in [3.8, 4) is 17.6 Å². The highest BCUT2D eigenvalue weighted by Gasteiger charge is 2.50. The van der Waals surface area contributed by atoms with Crippen molar-refractivity contribution in [2.45, 2.75) is 43.8 Å². The van der Waals surface area contributed by atoms with Crippen molar-refractivity contribution in [1.82, 2.24) is 4.90 Å². The van der Waals surface area contributed by atoms with Gasteiger partial charge >= 0.3 is 6.61 Å². The number of aliphatic imine (C=N–C) groups is 1. The standard InChI is InChI=1S/C25H23F2N3O2/c1-30-22(31)25(29-24(30)28,18-4-2-3-16(13-18)8-7-15-5-6-15)19-11-12-21(32-23(26)27)20(14-19)17-9-10-17/h2-4,11-15,17,23H,5-6,9-10H2,1H3,(H2,28,29)/t25-/m0/s1. The third kappa shape index (κ3) is 3.60. The number of carbonyl (C=O) groups excluding carboxylic acids is 1. The van der Waals surface area contributed by atoms with E-state index in [4.69, 9.17) is 10.5 Å². The Bertz CT molecular complexity index is 1180. The number of ether oxygens (including phenoxy) is 1. The Morgan fingerprint density at radius 2 is 1.91 bits per heavy atom. The van der Waals surface area contributed by atoms with Crippen molar-refractivity contribution < 1.29 is 18.3 Å². The van der Waals surface area contributed by atoms with Gasteiger partial charge in [0.15, 0.2) is 11.5 Å². The molecule has 0 aromatic heterocycles. The molecule has 5 nitrogen and oxygen atoms in total. The Morgan fingerprint density at radius 3 is 2.53 bits per heavy atom. The second-order valence-corrected chi connectivity index (χ2v) is 8.57. The highest BCUT2D eigenvalue weighted by molar-refractivity contribution is 6.09. The largest absolute Gasteiger partial charge is 0.435 e. The van der Waals surface area contributed by atoms with Gasteiger partial charge in [-0.2, -0.15) is 8.78 Å². The quantitative estimate of drug-likeness (QED) is 0.723. The Balaban J connectivity index is 1.65. The normalized spacial score (nSPS) is 22.6. The smallest absolute Gasteiger partial charge is 0.387 e. The first-order chi connectivity index (χ1) is 15.4. The summed E-state index contributed by atoms with van der Waals surface area (Å²) >= 11 is 0. The number of guanidine groups is 1. The third-order valence-corrected chi connectivity index (χ3v) is 6.18. The maximum atomic E-state index is 13.5. The molecule has 32 heavy (non-hydrogen) atoms. The van der Waals surface area contributed by atoms with Gasteiger partial charge in [-0.3, -0.25) is 9.69 Å². The summed E-state index contributed by atoms with van der Waals surface area (Å²) in [5.74, 6) is 6.95. The van der Waals surface area contributed by atoms with Crippen molar-refractivity contribution in [1.29, 1.82) is 0 Å². The van der Waals surface area contributed by atoms with Crippen LogP contribution in [0, 0.1) is 17.8 Å². The molecule has 5 rings (SSSR count). The predicted molar refractivity (Wildman–Crippen MR) is 116 cm³/mol. The number of amides is 1. The summed E-state index contributed by atoms with van der Waals surface area (Å²) in [7, 11) is 1.58. The van der Waals surface area contributed by atoms with Crippen LogP contribution >= 0.6 is 0 Å². The van der Waals surface area contributed by atoms with E-state index in [0.717, 1.165) is 31.2 Å². The highest BCUT2D eigenvalue weighted by Crippen LogP contribution is 2.48. The molecule has 1 heterocycles. The molecule has 0 spiro atoms. The minimum Gasteiger partial charge on any atom is -0.435 e. The monoisotopic (exact) mass is 435 g/mol. The molecule has 0 radical (unpaired) electrons. The molecular weight excluding hydrogens is 412 g/mol.